The van der Waals surface area contributed by atoms with Crippen molar-refractivity contribution in [3.05, 3.63) is 92.5 Å². The van der Waals surface area contributed by atoms with Gasteiger partial charge in [-0.3, -0.25) is 14.2 Å². The summed E-state index contributed by atoms with van der Waals surface area (Å²) in [6.07, 6.45) is 1.35. The van der Waals surface area contributed by atoms with E-state index >= 15 is 0 Å². The number of rotatable bonds is 8. The Hall–Kier alpha value is -3.72. The normalized spacial score (nSPS) is 13.8. The molecule has 1 aliphatic heterocycles. The predicted octanol–water partition coefficient (Wildman–Crippen LogP) is 8.09. The number of hydrogen-bond acceptors (Lipinski definition) is 4. The fourth-order valence-corrected chi connectivity index (χ4v) is 6.31. The third-order valence-electron chi connectivity index (χ3n) is 7.64. The van der Waals surface area contributed by atoms with E-state index in [4.69, 9.17) is 4.98 Å². The van der Waals surface area contributed by atoms with Crippen LogP contribution in [0.4, 0.5) is 13.2 Å². The van der Waals surface area contributed by atoms with Gasteiger partial charge in [0.15, 0.2) is 0 Å². The van der Waals surface area contributed by atoms with Crippen molar-refractivity contribution in [1.82, 2.24) is 14.5 Å². The highest BCUT2D eigenvalue weighted by Gasteiger charge is 2.28. The third-order valence-corrected chi connectivity index (χ3v) is 8.52. The molecule has 0 aliphatic carbocycles. The molecule has 0 spiro atoms. The number of hydrogen-bond donors (Lipinski definition) is 0. The lowest BCUT2D eigenvalue weighted by atomic mass is 9.98. The minimum atomic E-state index is -2.57. The quantitative estimate of drug-likeness (QED) is 0.208. The maximum atomic E-state index is 14.7. The second kappa shape index (κ2) is 12.7. The van der Waals surface area contributed by atoms with Crippen LogP contribution in [0.2, 0.25) is 0 Å². The number of nitrogens with zero attached hydrogens (tertiary/aromatic N) is 3. The molecule has 3 heterocycles. The third kappa shape index (κ3) is 6.07. The van der Waals surface area contributed by atoms with Crippen LogP contribution in [0.15, 0.2) is 58.7 Å². The first kappa shape index (κ1) is 29.8. The van der Waals surface area contributed by atoms with Crippen LogP contribution in [0.25, 0.3) is 27.5 Å². The van der Waals surface area contributed by atoms with E-state index in [1.807, 2.05) is 25.7 Å². The molecule has 0 saturated carbocycles. The van der Waals surface area contributed by atoms with E-state index in [1.165, 1.54) is 40.2 Å². The highest BCUT2D eigenvalue weighted by Crippen LogP contribution is 2.32. The molecule has 0 radical (unpaired) electrons. The van der Waals surface area contributed by atoms with Gasteiger partial charge in [-0.15, -0.1) is 11.3 Å². The molecule has 1 fully saturated rings. The van der Waals surface area contributed by atoms with E-state index in [2.05, 4.69) is 0 Å². The van der Waals surface area contributed by atoms with Crippen molar-refractivity contribution < 1.29 is 18.0 Å². The van der Waals surface area contributed by atoms with Gasteiger partial charge < -0.3 is 4.90 Å². The summed E-state index contributed by atoms with van der Waals surface area (Å²) in [5.74, 6) is -0.493. The molecule has 5 nitrogen and oxygen atoms in total. The van der Waals surface area contributed by atoms with Crippen molar-refractivity contribution in [3.8, 4) is 27.5 Å². The Morgan fingerprint density at radius 2 is 1.74 bits per heavy atom. The summed E-state index contributed by atoms with van der Waals surface area (Å²) >= 11 is 1.24. The summed E-state index contributed by atoms with van der Waals surface area (Å²) in [6, 6.07) is 12.0. The average Bonchev–Trinajstić information content (AvgIpc) is 3.47. The summed E-state index contributed by atoms with van der Waals surface area (Å²) in [5.41, 5.74) is 3.16. The second-order valence-corrected chi connectivity index (χ2v) is 12.0. The van der Waals surface area contributed by atoms with E-state index in [1.54, 1.807) is 29.6 Å². The molecule has 0 N–H and O–H groups in total. The van der Waals surface area contributed by atoms with Crippen molar-refractivity contribution in [2.75, 3.05) is 13.1 Å². The number of carbonyl (C=O) groups is 1. The fraction of sp³-hybridized carbons (Fsp3) is 0.364. The smallest absolute Gasteiger partial charge is 0.265 e. The van der Waals surface area contributed by atoms with Crippen LogP contribution in [0.1, 0.15) is 73.6 Å². The maximum Gasteiger partial charge on any atom is 0.265 e. The van der Waals surface area contributed by atoms with E-state index < -0.39 is 12.2 Å². The minimum Gasteiger partial charge on any atom is -0.339 e. The van der Waals surface area contributed by atoms with Gasteiger partial charge in [0.2, 0.25) is 0 Å². The van der Waals surface area contributed by atoms with Gasteiger partial charge in [-0.05, 0) is 61.8 Å². The molecule has 220 valence electrons. The number of thiazole rings is 1. The monoisotopic (exact) mass is 593 g/mol. The number of pyridine rings is 1. The van der Waals surface area contributed by atoms with Crippen molar-refractivity contribution in [2.24, 2.45) is 5.92 Å². The number of likely N-dealkylation sites (tertiary alicyclic amines) is 1. The van der Waals surface area contributed by atoms with E-state index in [0.29, 0.717) is 59.1 Å². The van der Waals surface area contributed by atoms with Gasteiger partial charge >= 0.3 is 0 Å². The van der Waals surface area contributed by atoms with Gasteiger partial charge in [-0.25, -0.2) is 18.2 Å². The fourth-order valence-electron chi connectivity index (χ4n) is 5.47. The van der Waals surface area contributed by atoms with E-state index in [0.717, 1.165) is 24.8 Å². The second-order valence-electron chi connectivity index (χ2n) is 11.1. The molecule has 42 heavy (non-hydrogen) atoms. The van der Waals surface area contributed by atoms with Crippen LogP contribution < -0.4 is 5.56 Å². The number of alkyl halides is 2. The Kier molecular flexibility index (Phi) is 8.96. The van der Waals surface area contributed by atoms with Crippen LogP contribution in [0.3, 0.4) is 0 Å². The van der Waals surface area contributed by atoms with Gasteiger partial charge in [-0.2, -0.15) is 0 Å². The highest BCUT2D eigenvalue weighted by atomic mass is 32.1. The van der Waals surface area contributed by atoms with Gasteiger partial charge in [0.25, 0.3) is 17.9 Å². The first-order valence-electron chi connectivity index (χ1n) is 14.4. The Morgan fingerprint density at radius 1 is 1.02 bits per heavy atom. The molecule has 5 rings (SSSR count). The standard InChI is InChI=1S/C33H34F3N3O2S/c1-4-21-12-13-24(34)17-28(21)39-29(16-20(2)3)25(32(40)38-14-6-5-7-15-38)18-26(33(39)41)31-37-27(19-42-31)22-8-10-23(11-9-22)30(35)36/h8-13,17-20,30H,4-7,14-16H2,1-3H3. The number of aryl methyl sites for hydroxylation is 1. The summed E-state index contributed by atoms with van der Waals surface area (Å²) in [4.78, 5) is 35.0. The molecule has 0 unspecified atom stereocenters. The van der Waals surface area contributed by atoms with Crippen LogP contribution in [0.5, 0.6) is 0 Å². The van der Waals surface area contributed by atoms with Crippen molar-refractivity contribution in [1.29, 1.82) is 0 Å². The Morgan fingerprint density at radius 3 is 2.38 bits per heavy atom. The lowest BCUT2D eigenvalue weighted by molar-refractivity contribution is 0.0722. The molecule has 2 aromatic heterocycles. The molecule has 4 aromatic rings. The van der Waals surface area contributed by atoms with Gasteiger partial charge in [0.1, 0.15) is 10.8 Å². The lowest BCUT2D eigenvalue weighted by Gasteiger charge is -2.29. The zero-order valence-corrected chi connectivity index (χ0v) is 24.8. The Bertz CT molecular complexity index is 1640. The molecular weight excluding hydrogens is 559 g/mol. The SMILES string of the molecule is CCc1ccc(F)cc1-n1c(CC(C)C)c(C(=O)N2CCCCC2)cc(-c2nc(-c3ccc(C(F)F)cc3)cs2)c1=O. The van der Waals surface area contributed by atoms with E-state index in [-0.39, 0.29) is 28.5 Å². The number of amides is 1. The van der Waals surface area contributed by atoms with Crippen molar-refractivity contribution in [3.63, 3.8) is 0 Å². The van der Waals surface area contributed by atoms with Crippen LogP contribution in [-0.4, -0.2) is 33.4 Å². The van der Waals surface area contributed by atoms with E-state index in [9.17, 15) is 22.8 Å². The van der Waals surface area contributed by atoms with Crippen LogP contribution >= 0.6 is 11.3 Å². The molecule has 1 amide bonds. The number of piperidine rings is 1. The summed E-state index contributed by atoms with van der Waals surface area (Å²) in [7, 11) is 0. The number of benzene rings is 2. The number of carbonyl (C=O) groups excluding carboxylic acids is 1. The zero-order valence-electron chi connectivity index (χ0n) is 24.0. The average molecular weight is 594 g/mol. The highest BCUT2D eigenvalue weighted by molar-refractivity contribution is 7.13. The molecule has 0 atom stereocenters. The Balaban J connectivity index is 1.74. The summed E-state index contributed by atoms with van der Waals surface area (Å²) < 4.78 is 42.4. The topological polar surface area (TPSA) is 55.2 Å². The molecule has 9 heteroatoms. The molecular formula is C33H34F3N3O2S. The molecule has 1 saturated heterocycles. The van der Waals surface area contributed by atoms with Gasteiger partial charge in [0, 0.05) is 35.3 Å². The van der Waals surface area contributed by atoms with Crippen LogP contribution in [0, 0.1) is 11.7 Å². The van der Waals surface area contributed by atoms with Gasteiger partial charge in [-0.1, -0.05) is 51.1 Å². The molecule has 1 aliphatic rings. The van der Waals surface area contributed by atoms with Gasteiger partial charge in [0.05, 0.1) is 22.5 Å². The first-order valence-corrected chi connectivity index (χ1v) is 15.3. The summed E-state index contributed by atoms with van der Waals surface area (Å²) in [6.45, 7) is 7.28. The number of halogens is 3. The first-order chi connectivity index (χ1) is 20.2. The van der Waals surface area contributed by atoms with Crippen LogP contribution in [-0.2, 0) is 12.8 Å². The summed E-state index contributed by atoms with van der Waals surface area (Å²) in [5, 5.41) is 2.17. The molecule has 2 aromatic carbocycles. The van der Waals surface area contributed by atoms with Crippen molar-refractivity contribution >= 4 is 17.2 Å². The van der Waals surface area contributed by atoms with Crippen molar-refractivity contribution in [2.45, 2.75) is 59.3 Å². The Labute approximate surface area is 247 Å². The molecule has 0 bridgehead atoms. The lowest BCUT2D eigenvalue weighted by Crippen LogP contribution is -2.38. The largest absolute Gasteiger partial charge is 0.339 e. The predicted molar refractivity (Wildman–Crippen MR) is 161 cm³/mol. The zero-order chi connectivity index (χ0) is 30.0. The minimum absolute atomic E-state index is 0.0829. The maximum absolute atomic E-state index is 14.7. The number of aromatic nitrogens is 2.